The number of hydrogen-bond donors (Lipinski definition) is 1. The number of rotatable bonds is 7. The molecule has 0 spiro atoms. The third kappa shape index (κ3) is 6.55. The zero-order chi connectivity index (χ0) is 35.9. The first-order chi connectivity index (χ1) is 24.6. The normalized spacial score (nSPS) is 20.2. The summed E-state index contributed by atoms with van der Waals surface area (Å²) in [5.74, 6) is 1.29. The molecular formula is C37H39ClN6O5S2. The average Bonchev–Trinajstić information content (AvgIpc) is 3.83. The first-order valence-electron chi connectivity index (χ1n) is 17.1. The summed E-state index contributed by atoms with van der Waals surface area (Å²) in [4.78, 5) is 50.6. The van der Waals surface area contributed by atoms with Crippen LogP contribution in [0.5, 0.6) is 5.75 Å². The smallest absolute Gasteiger partial charge is 0.312 e. The Morgan fingerprint density at radius 3 is 2.06 bits per heavy atom. The van der Waals surface area contributed by atoms with Crippen molar-refractivity contribution < 1.29 is 23.8 Å². The number of methoxy groups -OCH3 is 1. The number of fused-ring (bicyclic) bond motifs is 7. The molecule has 5 aromatic rings. The first-order valence-corrected chi connectivity index (χ1v) is 19.1. The van der Waals surface area contributed by atoms with Crippen LogP contribution in [0.15, 0.2) is 29.8 Å². The van der Waals surface area contributed by atoms with Crippen molar-refractivity contribution in [1.82, 2.24) is 19.9 Å². The van der Waals surface area contributed by atoms with Gasteiger partial charge in [0.2, 0.25) is 0 Å². The van der Waals surface area contributed by atoms with Gasteiger partial charge >= 0.3 is 11.9 Å². The van der Waals surface area contributed by atoms with E-state index in [0.29, 0.717) is 37.8 Å². The standard InChI is InChI=1S/C23H24N4O3S.C14H15ClN2O2S/c1-4-30-22(28)23(2)6-5-15-18(9-23)31-21-19(15)20(25-12-26-21)27-16-7-13-10-24-11-14(13)8-17(16)29-3;1-3-19-13(18)14(2)5-4-8-9(6-14)20-12-10(8)11(15)16-7-17-12/h7-8,10,12H,4-6,9,11H2,1-3H3,(H,25,26,27);7H,3-6H2,1-2H3/t23-;14-/m11/s1. The van der Waals surface area contributed by atoms with E-state index in [-0.39, 0.29) is 11.9 Å². The zero-order valence-corrected chi connectivity index (χ0v) is 31.6. The molecule has 0 fully saturated rings. The molecule has 8 rings (SSSR count). The Balaban J connectivity index is 0.000000175. The molecular weight excluding hydrogens is 708 g/mol. The Bertz CT molecular complexity index is 2200. The molecule has 0 saturated carbocycles. The minimum Gasteiger partial charge on any atom is -0.495 e. The molecule has 11 nitrogen and oxygen atoms in total. The second kappa shape index (κ2) is 14.1. The Hall–Kier alpha value is -4.20. The fourth-order valence-corrected chi connectivity index (χ4v) is 10.2. The van der Waals surface area contributed by atoms with Gasteiger partial charge in [0, 0.05) is 16.0 Å². The molecule has 0 bridgehead atoms. The highest BCUT2D eigenvalue weighted by Crippen LogP contribution is 2.46. The maximum Gasteiger partial charge on any atom is 0.312 e. The van der Waals surface area contributed by atoms with Crippen molar-refractivity contribution in [3.63, 3.8) is 0 Å². The van der Waals surface area contributed by atoms with Gasteiger partial charge in [0.05, 0.1) is 54.2 Å². The average molecular weight is 747 g/mol. The molecule has 51 heavy (non-hydrogen) atoms. The third-order valence-electron chi connectivity index (χ3n) is 9.99. The fraction of sp³-hybridized carbons (Fsp3) is 0.432. The van der Waals surface area contributed by atoms with Crippen LogP contribution in [-0.2, 0) is 51.3 Å². The lowest BCUT2D eigenvalue weighted by atomic mass is 9.75. The van der Waals surface area contributed by atoms with Crippen molar-refractivity contribution in [3.8, 4) is 5.75 Å². The number of nitrogens with one attached hydrogen (secondary N) is 1. The molecule has 266 valence electrons. The van der Waals surface area contributed by atoms with Gasteiger partial charge in [-0.3, -0.25) is 14.6 Å². The molecule has 5 heterocycles. The molecule has 0 amide bonds. The van der Waals surface area contributed by atoms with Gasteiger partial charge in [-0.15, -0.1) is 22.7 Å². The van der Waals surface area contributed by atoms with Gasteiger partial charge in [-0.25, -0.2) is 19.9 Å². The quantitative estimate of drug-likeness (QED) is 0.130. The molecule has 4 aromatic heterocycles. The number of ether oxygens (including phenoxy) is 3. The highest BCUT2D eigenvalue weighted by Gasteiger charge is 2.41. The fourth-order valence-electron chi connectivity index (χ4n) is 7.12. The molecule has 0 unspecified atom stereocenters. The minimum absolute atomic E-state index is 0.111. The van der Waals surface area contributed by atoms with Crippen LogP contribution >= 0.6 is 34.3 Å². The number of carbonyl (C=O) groups excluding carboxylic acids is 2. The summed E-state index contributed by atoms with van der Waals surface area (Å²) in [6.45, 7) is 9.17. The van der Waals surface area contributed by atoms with Gasteiger partial charge in [0.25, 0.3) is 0 Å². The highest BCUT2D eigenvalue weighted by atomic mass is 35.5. The molecule has 3 aliphatic rings. The van der Waals surface area contributed by atoms with E-state index < -0.39 is 10.8 Å². The number of esters is 2. The van der Waals surface area contributed by atoms with Gasteiger partial charge in [-0.2, -0.15) is 0 Å². The highest BCUT2D eigenvalue weighted by molar-refractivity contribution is 7.19. The van der Waals surface area contributed by atoms with Crippen LogP contribution in [0.25, 0.3) is 20.4 Å². The predicted octanol–water partition coefficient (Wildman–Crippen LogP) is 7.84. The number of nitrogens with zero attached hydrogens (tertiary/aromatic N) is 5. The summed E-state index contributed by atoms with van der Waals surface area (Å²) < 4.78 is 16.2. The number of benzene rings is 1. The number of anilines is 2. The summed E-state index contributed by atoms with van der Waals surface area (Å²) in [6, 6.07) is 4.08. The van der Waals surface area contributed by atoms with E-state index in [2.05, 4.69) is 36.3 Å². The van der Waals surface area contributed by atoms with Crippen molar-refractivity contribution in [1.29, 1.82) is 0 Å². The summed E-state index contributed by atoms with van der Waals surface area (Å²) >= 11 is 9.43. The topological polar surface area (TPSA) is 138 Å². The SMILES string of the molecule is CCOC(=O)[C@]1(C)CCc2c(sc3ncnc(Cl)c23)C1.CCOC(=O)[C@]1(C)CCc2c(sc3ncnc(Nc4cc5c(cc4OC)CN=C5)c23)C1. The van der Waals surface area contributed by atoms with Crippen molar-refractivity contribution in [2.75, 3.05) is 25.6 Å². The van der Waals surface area contributed by atoms with Crippen LogP contribution in [0.2, 0.25) is 5.15 Å². The van der Waals surface area contributed by atoms with Gasteiger partial charge in [0.15, 0.2) is 0 Å². The maximum absolute atomic E-state index is 12.5. The van der Waals surface area contributed by atoms with Crippen molar-refractivity contribution in [2.45, 2.75) is 72.8 Å². The van der Waals surface area contributed by atoms with E-state index in [1.165, 1.54) is 27.2 Å². The van der Waals surface area contributed by atoms with Gasteiger partial charge in [0.1, 0.15) is 39.0 Å². The van der Waals surface area contributed by atoms with Crippen LogP contribution in [0.3, 0.4) is 0 Å². The second-order valence-corrected chi connectivity index (χ2v) is 16.0. The van der Waals surface area contributed by atoms with Crippen molar-refractivity contribution in [2.24, 2.45) is 15.8 Å². The molecule has 0 saturated heterocycles. The summed E-state index contributed by atoms with van der Waals surface area (Å²) in [5.41, 5.74) is 4.59. The third-order valence-corrected chi connectivity index (χ3v) is 12.6. The van der Waals surface area contributed by atoms with Crippen LogP contribution < -0.4 is 10.1 Å². The number of aliphatic imine (C=N–C) groups is 1. The number of aromatic nitrogens is 4. The van der Waals surface area contributed by atoms with Gasteiger partial charge < -0.3 is 19.5 Å². The van der Waals surface area contributed by atoms with E-state index in [1.807, 2.05) is 40.0 Å². The molecule has 1 N–H and O–H groups in total. The zero-order valence-electron chi connectivity index (χ0n) is 29.2. The molecule has 2 aliphatic carbocycles. The number of hydrogen-bond acceptors (Lipinski definition) is 13. The Kier molecular flexibility index (Phi) is 9.72. The molecule has 0 radical (unpaired) electrons. The summed E-state index contributed by atoms with van der Waals surface area (Å²) in [6.07, 6.45) is 9.44. The largest absolute Gasteiger partial charge is 0.495 e. The molecule has 1 aliphatic heterocycles. The van der Waals surface area contributed by atoms with Crippen LogP contribution in [0.1, 0.15) is 72.5 Å². The minimum atomic E-state index is -0.493. The van der Waals surface area contributed by atoms with Crippen LogP contribution in [-0.4, -0.2) is 58.4 Å². The van der Waals surface area contributed by atoms with E-state index in [0.717, 1.165) is 74.5 Å². The lowest BCUT2D eigenvalue weighted by Crippen LogP contribution is -2.35. The Morgan fingerprint density at radius 1 is 0.863 bits per heavy atom. The van der Waals surface area contributed by atoms with Crippen molar-refractivity contribution >= 4 is 84.4 Å². The number of halogens is 1. The van der Waals surface area contributed by atoms with Crippen LogP contribution in [0, 0.1) is 10.8 Å². The Labute approximate surface area is 308 Å². The van der Waals surface area contributed by atoms with E-state index in [4.69, 9.17) is 25.8 Å². The number of thiophene rings is 2. The molecule has 14 heteroatoms. The summed E-state index contributed by atoms with van der Waals surface area (Å²) in [7, 11) is 1.67. The number of carbonyl (C=O) groups is 2. The molecule has 1 aromatic carbocycles. The monoisotopic (exact) mass is 746 g/mol. The maximum atomic E-state index is 12.5. The van der Waals surface area contributed by atoms with Crippen LogP contribution in [0.4, 0.5) is 11.5 Å². The second-order valence-electron chi connectivity index (χ2n) is 13.5. The predicted molar refractivity (Wildman–Crippen MR) is 201 cm³/mol. The van der Waals surface area contributed by atoms with E-state index >= 15 is 0 Å². The molecule has 2 atom stereocenters. The first kappa shape index (κ1) is 35.2. The lowest BCUT2D eigenvalue weighted by Gasteiger charge is -2.31. The lowest BCUT2D eigenvalue weighted by molar-refractivity contribution is -0.155. The van der Waals surface area contributed by atoms with E-state index in [1.54, 1.807) is 36.1 Å². The Morgan fingerprint density at radius 2 is 1.45 bits per heavy atom. The summed E-state index contributed by atoms with van der Waals surface area (Å²) in [5, 5.41) is 5.97. The van der Waals surface area contributed by atoms with E-state index in [9.17, 15) is 9.59 Å². The number of aryl methyl sites for hydroxylation is 2. The van der Waals surface area contributed by atoms with Gasteiger partial charge in [-0.05, 0) is 101 Å². The van der Waals surface area contributed by atoms with Gasteiger partial charge in [-0.1, -0.05) is 11.6 Å². The van der Waals surface area contributed by atoms with Crippen molar-refractivity contribution in [3.05, 3.63) is 61.9 Å².